The second-order valence-corrected chi connectivity index (χ2v) is 2.11. The van der Waals surface area contributed by atoms with Gasteiger partial charge in [-0.1, -0.05) is 0 Å². The zero-order valence-corrected chi connectivity index (χ0v) is 5.11. The predicted molar refractivity (Wildman–Crippen MR) is 32.5 cm³/mol. The summed E-state index contributed by atoms with van der Waals surface area (Å²) in [4.78, 5) is 10.4. The smallest absolute Gasteiger partial charge is 0.435 e. The van der Waals surface area contributed by atoms with E-state index in [9.17, 15) is 4.79 Å². The number of nitrogens with zero attached hydrogens (tertiary/aromatic N) is 1. The Bertz CT molecular complexity index is 181. The molecule has 1 rings (SSSR count). The second kappa shape index (κ2) is 1.70. The Balaban J connectivity index is 2.88. The van der Waals surface area contributed by atoms with Crippen molar-refractivity contribution in [1.29, 1.82) is 0 Å². The number of allylic oxidation sites excluding steroid dienone is 2. The van der Waals surface area contributed by atoms with E-state index in [0.29, 0.717) is 0 Å². The normalized spacial score (nSPS) is 20.6. The van der Waals surface area contributed by atoms with E-state index < -0.39 is 6.09 Å². The summed E-state index contributed by atoms with van der Waals surface area (Å²) in [5.74, 6) is 0. The fourth-order valence-electron chi connectivity index (χ4n) is 0.634. The molecule has 48 valence electrons. The Morgan fingerprint density at radius 2 is 1.89 bits per heavy atom. The summed E-state index contributed by atoms with van der Waals surface area (Å²) >= 11 is 0. The highest BCUT2D eigenvalue weighted by molar-refractivity contribution is 5.58. The van der Waals surface area contributed by atoms with Gasteiger partial charge in [0, 0.05) is 0 Å². The van der Waals surface area contributed by atoms with Crippen LogP contribution in [-0.4, -0.2) is 22.7 Å². The summed E-state index contributed by atoms with van der Waals surface area (Å²) in [6.07, 6.45) is 5.77. The quantitative estimate of drug-likeness (QED) is 0.494. The molecule has 0 saturated heterocycles. The lowest BCUT2D eigenvalue weighted by Gasteiger charge is -2.13. The van der Waals surface area contributed by atoms with E-state index in [4.69, 9.17) is 5.11 Å². The van der Waals surface area contributed by atoms with Crippen LogP contribution in [0.1, 0.15) is 0 Å². The van der Waals surface area contributed by atoms with E-state index in [2.05, 4.69) is 0 Å². The first kappa shape index (κ1) is 6.04. The Kier molecular flexibility index (Phi) is 1.14. The largest absolute Gasteiger partial charge is 0.522 e. The zero-order valence-electron chi connectivity index (χ0n) is 5.11. The third-order valence-corrected chi connectivity index (χ3v) is 1.31. The van der Waals surface area contributed by atoms with Gasteiger partial charge in [0.2, 0.25) is 0 Å². The molecule has 1 heterocycles. The molecule has 0 unspecified atom stereocenters. The molecule has 0 bridgehead atoms. The first-order valence-corrected chi connectivity index (χ1v) is 2.61. The summed E-state index contributed by atoms with van der Waals surface area (Å²) in [6, 6.07) is 0. The summed E-state index contributed by atoms with van der Waals surface area (Å²) in [5, 5.41) is 8.54. The van der Waals surface area contributed by atoms with Crippen LogP contribution in [0.15, 0.2) is 24.6 Å². The SMILES string of the molecule is C[N+]1(C(=O)O)C=CC=C1. The van der Waals surface area contributed by atoms with Gasteiger partial charge in [0.25, 0.3) is 0 Å². The lowest BCUT2D eigenvalue weighted by Crippen LogP contribution is -2.35. The molecule has 3 heteroatoms. The lowest BCUT2D eigenvalue weighted by molar-refractivity contribution is -0.725. The van der Waals surface area contributed by atoms with E-state index in [1.54, 1.807) is 31.6 Å². The third-order valence-electron chi connectivity index (χ3n) is 1.31. The molecule has 1 aliphatic rings. The number of amides is 1. The molecule has 1 amide bonds. The first-order chi connectivity index (χ1) is 4.15. The fraction of sp³-hybridized carbons (Fsp3) is 0.167. The van der Waals surface area contributed by atoms with Crippen LogP contribution < -0.4 is 0 Å². The van der Waals surface area contributed by atoms with Crippen molar-refractivity contribution in [2.24, 2.45) is 0 Å². The molecule has 0 aromatic rings. The van der Waals surface area contributed by atoms with Gasteiger partial charge in [0.1, 0.15) is 12.4 Å². The molecule has 0 aromatic carbocycles. The van der Waals surface area contributed by atoms with Crippen molar-refractivity contribution >= 4 is 6.09 Å². The van der Waals surface area contributed by atoms with E-state index in [0.717, 1.165) is 0 Å². The maximum absolute atomic E-state index is 10.4. The van der Waals surface area contributed by atoms with Crippen molar-refractivity contribution in [3.63, 3.8) is 0 Å². The maximum atomic E-state index is 10.4. The van der Waals surface area contributed by atoms with E-state index >= 15 is 0 Å². The van der Waals surface area contributed by atoms with Gasteiger partial charge in [-0.05, 0) is 12.2 Å². The number of rotatable bonds is 0. The van der Waals surface area contributed by atoms with Crippen LogP contribution in [0.4, 0.5) is 4.79 Å². The van der Waals surface area contributed by atoms with Gasteiger partial charge < -0.3 is 5.11 Å². The third kappa shape index (κ3) is 0.861. The van der Waals surface area contributed by atoms with Crippen molar-refractivity contribution < 1.29 is 14.4 Å². The van der Waals surface area contributed by atoms with Crippen molar-refractivity contribution in [1.82, 2.24) is 0 Å². The average Bonchev–Trinajstić information content (AvgIpc) is 2.16. The fourth-order valence-corrected chi connectivity index (χ4v) is 0.634. The minimum atomic E-state index is -0.861. The minimum absolute atomic E-state index is 0.139. The second-order valence-electron chi connectivity index (χ2n) is 2.11. The van der Waals surface area contributed by atoms with Gasteiger partial charge in [-0.3, -0.25) is 0 Å². The molecular weight excluding hydrogens is 118 g/mol. The number of carbonyl (C=O) groups is 1. The summed E-state index contributed by atoms with van der Waals surface area (Å²) in [5.41, 5.74) is 0. The summed E-state index contributed by atoms with van der Waals surface area (Å²) in [6.45, 7) is 0. The number of quaternary nitrogens is 1. The Morgan fingerprint density at radius 1 is 1.44 bits per heavy atom. The van der Waals surface area contributed by atoms with E-state index in [1.807, 2.05) is 0 Å². The van der Waals surface area contributed by atoms with Crippen molar-refractivity contribution in [3.8, 4) is 0 Å². The molecule has 0 spiro atoms. The van der Waals surface area contributed by atoms with E-state index in [1.165, 1.54) is 0 Å². The molecular formula is C6H8NO2+. The molecule has 1 N–H and O–H groups in total. The van der Waals surface area contributed by atoms with Gasteiger partial charge in [0.05, 0.1) is 7.05 Å². The predicted octanol–water partition coefficient (Wildman–Crippen LogP) is 1.15. The minimum Gasteiger partial charge on any atom is -0.435 e. The number of carboxylic acid groups (broad SMARTS) is 1. The van der Waals surface area contributed by atoms with Crippen LogP contribution in [-0.2, 0) is 0 Å². The van der Waals surface area contributed by atoms with Gasteiger partial charge in [0.15, 0.2) is 0 Å². The highest BCUT2D eigenvalue weighted by Gasteiger charge is 2.27. The van der Waals surface area contributed by atoms with Crippen molar-refractivity contribution in [2.75, 3.05) is 7.05 Å². The van der Waals surface area contributed by atoms with Gasteiger partial charge >= 0.3 is 6.09 Å². The zero-order chi connectivity index (χ0) is 6.91. The monoisotopic (exact) mass is 126 g/mol. The van der Waals surface area contributed by atoms with E-state index in [-0.39, 0.29) is 4.48 Å². The Hall–Kier alpha value is -1.09. The molecule has 0 aliphatic carbocycles. The summed E-state index contributed by atoms with van der Waals surface area (Å²) in [7, 11) is 1.60. The van der Waals surface area contributed by atoms with Crippen LogP contribution in [0.25, 0.3) is 0 Å². The van der Waals surface area contributed by atoms with Crippen LogP contribution in [0, 0.1) is 0 Å². The molecule has 0 atom stereocenters. The molecule has 0 saturated carbocycles. The lowest BCUT2D eigenvalue weighted by atomic mass is 10.6. The number of hydrogen-bond acceptors (Lipinski definition) is 1. The number of hydrogen-bond donors (Lipinski definition) is 1. The highest BCUT2D eigenvalue weighted by Crippen LogP contribution is 2.11. The van der Waals surface area contributed by atoms with Crippen molar-refractivity contribution in [2.45, 2.75) is 0 Å². The van der Waals surface area contributed by atoms with Crippen LogP contribution >= 0.6 is 0 Å². The topological polar surface area (TPSA) is 37.3 Å². The van der Waals surface area contributed by atoms with Gasteiger partial charge in [-0.15, -0.1) is 0 Å². The molecule has 0 radical (unpaired) electrons. The van der Waals surface area contributed by atoms with Crippen LogP contribution in [0.2, 0.25) is 0 Å². The van der Waals surface area contributed by atoms with Crippen LogP contribution in [0.3, 0.4) is 0 Å². The van der Waals surface area contributed by atoms with Crippen molar-refractivity contribution in [3.05, 3.63) is 24.6 Å². The van der Waals surface area contributed by atoms with Crippen LogP contribution in [0.5, 0.6) is 0 Å². The average molecular weight is 126 g/mol. The standard InChI is InChI=1S/C6H7NO2/c1-7(6(8)9)4-2-3-5-7/h2-5H,1H3/p+1. The Labute approximate surface area is 53.1 Å². The Morgan fingerprint density at radius 3 is 2.11 bits per heavy atom. The van der Waals surface area contributed by atoms with Gasteiger partial charge in [-0.2, -0.15) is 9.28 Å². The molecule has 9 heavy (non-hydrogen) atoms. The van der Waals surface area contributed by atoms with Gasteiger partial charge in [-0.25, -0.2) is 0 Å². The maximum Gasteiger partial charge on any atom is 0.522 e. The summed E-state index contributed by atoms with van der Waals surface area (Å²) < 4.78 is -0.139. The highest BCUT2D eigenvalue weighted by atomic mass is 16.4. The molecule has 0 aromatic heterocycles. The molecule has 1 aliphatic heterocycles. The first-order valence-electron chi connectivity index (χ1n) is 2.61. The molecule has 3 nitrogen and oxygen atoms in total. The molecule has 0 fully saturated rings.